The number of hydrogen-bond donors (Lipinski definition) is 4. The van der Waals surface area contributed by atoms with Gasteiger partial charge in [0.2, 0.25) is 0 Å². The van der Waals surface area contributed by atoms with Gasteiger partial charge < -0.3 is 21.3 Å². The molecule has 16 aromatic heterocycles. The van der Waals surface area contributed by atoms with Crippen LogP contribution in [0.1, 0.15) is 106 Å². The van der Waals surface area contributed by atoms with Gasteiger partial charge >= 0.3 is 12.4 Å². The van der Waals surface area contributed by atoms with Gasteiger partial charge in [-0.15, -0.1) is 45.3 Å². The normalized spacial score (nSPS) is 14.0. The Morgan fingerprint density at radius 1 is 0.310 bits per heavy atom. The van der Waals surface area contributed by atoms with E-state index in [-0.39, 0.29) is 10.6 Å². The van der Waals surface area contributed by atoms with Crippen molar-refractivity contribution in [1.29, 1.82) is 0 Å². The summed E-state index contributed by atoms with van der Waals surface area (Å²) in [6, 6.07) is 57.7. The zero-order chi connectivity index (χ0) is 87.8. The number of halogens is 7. The number of sulfone groups is 1. The Labute approximate surface area is 751 Å². The lowest BCUT2D eigenvalue weighted by molar-refractivity contribution is -0.138. The molecule has 0 amide bonds. The number of thiazole rings is 4. The van der Waals surface area contributed by atoms with Gasteiger partial charge in [-0.05, 0) is 245 Å². The predicted molar refractivity (Wildman–Crippen MR) is 499 cm³/mol. The molecule has 4 aromatic carbocycles. The van der Waals surface area contributed by atoms with Gasteiger partial charge in [0.05, 0.1) is 145 Å². The Morgan fingerprint density at radius 3 is 0.938 bits per heavy atom. The predicted octanol–water partition coefficient (Wildman–Crippen LogP) is 25.8. The van der Waals surface area contributed by atoms with E-state index in [1.807, 2.05) is 115 Å². The van der Waals surface area contributed by atoms with Crippen LogP contribution in [0.15, 0.2) is 249 Å². The molecule has 24 rings (SSSR count). The maximum atomic E-state index is 13.2. The molecule has 4 aliphatic rings. The van der Waals surface area contributed by atoms with E-state index in [0.29, 0.717) is 91.3 Å². The van der Waals surface area contributed by atoms with Gasteiger partial charge in [0.15, 0.2) is 9.84 Å². The van der Waals surface area contributed by atoms with Crippen molar-refractivity contribution in [3.05, 3.63) is 280 Å². The zero-order valence-corrected chi connectivity index (χ0v) is 72.6. The van der Waals surface area contributed by atoms with Crippen LogP contribution in [0, 0.1) is 0 Å². The minimum atomic E-state index is -4.46. The first-order valence-corrected chi connectivity index (χ1v) is 46.7. The van der Waals surface area contributed by atoms with Crippen molar-refractivity contribution in [2.45, 2.75) is 92.3 Å². The average molecular weight is 1830 g/mol. The van der Waals surface area contributed by atoms with E-state index in [9.17, 15) is 34.8 Å². The summed E-state index contributed by atoms with van der Waals surface area (Å²) in [5.41, 5.74) is 12.8. The molecule has 0 saturated heterocycles. The second kappa shape index (κ2) is 33.8. The summed E-state index contributed by atoms with van der Waals surface area (Å²) < 4.78 is 106. The summed E-state index contributed by atoms with van der Waals surface area (Å²) >= 11 is 13.1. The summed E-state index contributed by atoms with van der Waals surface area (Å²) in [6.07, 6.45) is 13.9. The second-order valence-electron chi connectivity index (χ2n) is 31.6. The Hall–Kier alpha value is -13.7. The fourth-order valence-corrected chi connectivity index (χ4v) is 20.0. The topological polar surface area (TPSA) is 288 Å². The number of benzene rings is 4. The van der Waals surface area contributed by atoms with Crippen molar-refractivity contribution in [2.75, 3.05) is 27.5 Å². The third-order valence-corrected chi connectivity index (χ3v) is 27.9. The molecule has 20 aromatic rings. The molecular formula is C95H67ClF6N20O2S5. The van der Waals surface area contributed by atoms with Gasteiger partial charge in [-0.1, -0.05) is 11.6 Å². The highest BCUT2D eigenvalue weighted by Gasteiger charge is 2.34. The molecule has 22 nitrogen and oxygen atoms in total. The monoisotopic (exact) mass is 1830 g/mol. The summed E-state index contributed by atoms with van der Waals surface area (Å²) in [5, 5.41) is 22.5. The number of pyridine rings is 12. The van der Waals surface area contributed by atoms with Crippen molar-refractivity contribution < 1.29 is 34.8 Å². The fraction of sp³-hybridized carbons (Fsp3) is 0.158. The van der Waals surface area contributed by atoms with Gasteiger partial charge in [0, 0.05) is 129 Å². The first-order chi connectivity index (χ1) is 62.5. The fourth-order valence-electron chi connectivity index (χ4n) is 14.6. The molecule has 4 aliphatic carbocycles. The Kier molecular flexibility index (Phi) is 21.6. The molecule has 0 unspecified atom stereocenters. The van der Waals surface area contributed by atoms with Crippen molar-refractivity contribution >= 4 is 197 Å². The summed E-state index contributed by atoms with van der Waals surface area (Å²) in [5.74, 6) is 4.95. The highest BCUT2D eigenvalue weighted by molar-refractivity contribution is 7.90. The Morgan fingerprint density at radius 2 is 0.636 bits per heavy atom. The number of nitrogens with one attached hydrogen (secondary N) is 4. The van der Waals surface area contributed by atoms with Gasteiger partial charge in [0.1, 0.15) is 23.3 Å². The molecule has 4 fully saturated rings. The van der Waals surface area contributed by atoms with Crippen LogP contribution in [0.2, 0.25) is 5.02 Å². The molecule has 129 heavy (non-hydrogen) atoms. The zero-order valence-electron chi connectivity index (χ0n) is 67.7. The van der Waals surface area contributed by atoms with E-state index in [1.54, 1.807) is 113 Å². The first kappa shape index (κ1) is 82.3. The molecule has 0 atom stereocenters. The first-order valence-electron chi connectivity index (χ1n) is 41.1. The number of hydrogen-bond acceptors (Lipinski definition) is 26. The third-order valence-electron chi connectivity index (χ3n) is 21.9. The van der Waals surface area contributed by atoms with Gasteiger partial charge in [-0.2, -0.15) is 26.3 Å². The Balaban J connectivity index is 0.000000104. The minimum absolute atomic E-state index is 0.132. The number of aromatic nitrogens is 16. The highest BCUT2D eigenvalue weighted by Crippen LogP contribution is 2.49. The van der Waals surface area contributed by atoms with Crippen LogP contribution >= 0.6 is 56.9 Å². The van der Waals surface area contributed by atoms with Crippen LogP contribution in [-0.4, -0.2) is 94.4 Å². The minimum Gasteiger partial charge on any atom is -0.340 e. The van der Waals surface area contributed by atoms with Crippen LogP contribution in [0.4, 0.5) is 72.4 Å². The highest BCUT2D eigenvalue weighted by atomic mass is 35.5. The van der Waals surface area contributed by atoms with Crippen LogP contribution in [0.3, 0.4) is 0 Å². The van der Waals surface area contributed by atoms with E-state index in [2.05, 4.69) is 89.3 Å². The Bertz CT molecular complexity index is 7890. The van der Waals surface area contributed by atoms with Crippen LogP contribution in [0.25, 0.3) is 130 Å². The lowest BCUT2D eigenvalue weighted by Crippen LogP contribution is -2.05. The number of nitrogens with zero attached hydrogens (tertiary/aromatic N) is 16. The SMILES string of the molecule is CS(=O)(=O)c1ccc(-c2cc3ncccc3c(Nc3ccc4nc(C5CC5)sc4c3)n2)nc1.Clc1ccnc(-c2cc3ncccc3c(Nc3ccc4nc(C5CC5)sc4c3)n2)c1.FC(F)(F)c1ccc(-c2cc3ncccc3c(Nc3ccc4nc(C5CC5)sc4c3)n2)nc1.FC(F)(F)c1ccnc(-c2cc3ncccc3c(Nc3ccc4nc(C5CC5)sc4c3)n2)c1. The molecule has 638 valence electrons. The van der Waals surface area contributed by atoms with Crippen molar-refractivity contribution in [1.82, 2.24) is 79.7 Å². The van der Waals surface area contributed by atoms with Crippen LogP contribution < -0.4 is 21.3 Å². The largest absolute Gasteiger partial charge is 0.417 e. The van der Waals surface area contributed by atoms with Gasteiger partial charge in [-0.3, -0.25) is 39.9 Å². The lowest BCUT2D eigenvalue weighted by Gasteiger charge is -2.12. The lowest BCUT2D eigenvalue weighted by atomic mass is 10.1. The van der Waals surface area contributed by atoms with Crippen LogP contribution in [-0.2, 0) is 22.2 Å². The third kappa shape index (κ3) is 18.3. The molecule has 34 heteroatoms. The van der Waals surface area contributed by atoms with Crippen LogP contribution in [0.5, 0.6) is 0 Å². The van der Waals surface area contributed by atoms with Crippen molar-refractivity contribution in [3.63, 3.8) is 0 Å². The maximum Gasteiger partial charge on any atom is 0.417 e. The van der Waals surface area contributed by atoms with E-state index in [0.717, 1.165) is 140 Å². The molecular weight excluding hydrogens is 1760 g/mol. The van der Waals surface area contributed by atoms with E-state index >= 15 is 0 Å². The summed E-state index contributed by atoms with van der Waals surface area (Å²) in [6.45, 7) is 0. The number of alkyl halides is 6. The number of fused-ring (bicyclic) bond motifs is 8. The smallest absolute Gasteiger partial charge is 0.340 e. The molecule has 0 spiro atoms. The summed E-state index contributed by atoms with van der Waals surface area (Å²) in [4.78, 5) is 72.8. The number of anilines is 8. The summed E-state index contributed by atoms with van der Waals surface area (Å²) in [7, 11) is -3.31. The molecule has 16 heterocycles. The molecule has 4 N–H and O–H groups in total. The van der Waals surface area contributed by atoms with E-state index in [4.69, 9.17) is 41.5 Å². The molecule has 4 saturated carbocycles. The molecule has 0 bridgehead atoms. The van der Waals surface area contributed by atoms with E-state index < -0.39 is 33.3 Å². The van der Waals surface area contributed by atoms with Crippen molar-refractivity contribution in [3.8, 4) is 45.6 Å². The average Bonchev–Trinajstić information content (AvgIpc) is 1.72. The molecule has 0 radical (unpaired) electrons. The van der Waals surface area contributed by atoms with Crippen molar-refractivity contribution in [2.24, 2.45) is 0 Å². The van der Waals surface area contributed by atoms with Gasteiger partial charge in [0.25, 0.3) is 0 Å². The van der Waals surface area contributed by atoms with Gasteiger partial charge in [-0.25, -0.2) is 48.3 Å². The number of rotatable bonds is 17. The maximum absolute atomic E-state index is 13.2. The second-order valence-corrected chi connectivity index (χ2v) is 38.3. The molecule has 0 aliphatic heterocycles. The van der Waals surface area contributed by atoms with E-state index in [1.165, 1.54) is 88.4 Å². The quantitative estimate of drug-likeness (QED) is 0.0616. The standard InChI is InChI=1S/2C24H16F3N5S.C24H19N5O2S2.C23H16ClN5S/c25-24(26,27)14-5-7-17(29-12-14)20-11-19-16(2-1-9-28-19)22(31-20)30-15-6-8-18-21(10-15)33-23(32-18)13-3-4-13;25-24(26,27)14-7-9-29-19(10-14)20-12-18-16(2-1-8-28-18)22(31-20)30-15-5-6-17-21(11-15)33-23(32-17)13-3-4-13;1-33(30,31)16-7-9-18(26-13-16)21-12-20-17(3-2-10-25-20)23(28-21)27-15-6-8-19-22(11-15)32-24(29-19)14-4-5-14;24-14-7-9-26-19(10-14)20-12-18-16(2-1-8-25-18)22(28-20)27-15-5-6-17-21(11-15)30-23(29-17)13-3-4-13/h2*1-2,5-13H,3-4H2,(H,30,31);2-3,6-14H,4-5H2,1H3,(H,27,28);1-2,5-13H,3-4H2,(H,27,28).